The number of imide groups is 1. The van der Waals surface area contributed by atoms with Gasteiger partial charge in [-0.05, 0) is 19.8 Å². The third-order valence-electron chi connectivity index (χ3n) is 4.49. The molecule has 0 radical (unpaired) electrons. The normalized spacial score (nSPS) is 52.1. The van der Waals surface area contributed by atoms with Gasteiger partial charge in [-0.2, -0.15) is 0 Å². The number of hydrogen-bond acceptors (Lipinski definition) is 4. The zero-order chi connectivity index (χ0) is 10.8. The van der Waals surface area contributed by atoms with Crippen LogP contribution in [0.1, 0.15) is 19.8 Å². The Morgan fingerprint density at radius 2 is 2.07 bits per heavy atom. The van der Waals surface area contributed by atoms with Crippen LogP contribution in [-0.4, -0.2) is 35.7 Å². The number of hydrogen-bond donors (Lipinski definition) is 2. The molecule has 3 fully saturated rings. The molecule has 3 saturated heterocycles. The van der Waals surface area contributed by atoms with Crippen molar-refractivity contribution in [3.63, 3.8) is 0 Å². The van der Waals surface area contributed by atoms with Crippen LogP contribution in [0.2, 0.25) is 0 Å². The lowest BCUT2D eigenvalue weighted by Gasteiger charge is -2.37. The van der Waals surface area contributed by atoms with Crippen molar-refractivity contribution < 1.29 is 19.4 Å². The number of carbonyl (C=O) groups excluding carboxylic acids is 2. The third-order valence-corrected chi connectivity index (χ3v) is 4.49. The lowest BCUT2D eigenvalue weighted by molar-refractivity contribution is -0.138. The van der Waals surface area contributed by atoms with Crippen LogP contribution < -0.4 is 5.32 Å². The molecule has 82 valence electrons. The van der Waals surface area contributed by atoms with Gasteiger partial charge in [0.25, 0.3) is 0 Å². The van der Waals surface area contributed by atoms with Gasteiger partial charge in [-0.25, -0.2) is 0 Å². The highest BCUT2D eigenvalue weighted by Gasteiger charge is 2.76. The van der Waals surface area contributed by atoms with Crippen LogP contribution in [0.4, 0.5) is 0 Å². The minimum atomic E-state index is -1.03. The smallest absolute Gasteiger partial charge is 0.238 e. The summed E-state index contributed by atoms with van der Waals surface area (Å²) in [5.74, 6) is -0.668. The van der Waals surface area contributed by atoms with E-state index < -0.39 is 10.8 Å². The zero-order valence-electron chi connectivity index (χ0n) is 8.45. The van der Waals surface area contributed by atoms with Gasteiger partial charge in [0.2, 0.25) is 11.8 Å². The first-order valence-corrected chi connectivity index (χ1v) is 5.19. The summed E-state index contributed by atoms with van der Waals surface area (Å²) in [6, 6.07) is 0. The monoisotopic (exact) mass is 211 g/mol. The standard InChI is InChI=1S/C10H13NO4/c1-9-5-2-3-6(15-5)10(9,4-12)8(14)11-7(9)13/h5-6,12H,2-4H2,1H3,(H,11,13,14)/t5-,6+,9+,10-/m0/s1. The third kappa shape index (κ3) is 0.692. The lowest BCUT2D eigenvalue weighted by atomic mass is 9.58. The second-order valence-corrected chi connectivity index (χ2v) is 4.81. The van der Waals surface area contributed by atoms with E-state index in [1.807, 2.05) is 0 Å². The maximum absolute atomic E-state index is 11.8. The van der Waals surface area contributed by atoms with Crippen molar-refractivity contribution in [3.8, 4) is 0 Å². The van der Waals surface area contributed by atoms with E-state index in [0.717, 1.165) is 12.8 Å². The number of rotatable bonds is 1. The largest absolute Gasteiger partial charge is 0.395 e. The molecule has 2 N–H and O–H groups in total. The molecule has 0 aromatic carbocycles. The van der Waals surface area contributed by atoms with Gasteiger partial charge in [0.05, 0.1) is 24.2 Å². The molecule has 0 aromatic rings. The summed E-state index contributed by atoms with van der Waals surface area (Å²) in [7, 11) is 0. The van der Waals surface area contributed by atoms with Crippen LogP contribution in [0.3, 0.4) is 0 Å². The number of ether oxygens (including phenoxy) is 1. The molecule has 0 spiro atoms. The van der Waals surface area contributed by atoms with Crippen LogP contribution in [0.15, 0.2) is 0 Å². The maximum atomic E-state index is 11.8. The van der Waals surface area contributed by atoms with Crippen molar-refractivity contribution in [1.29, 1.82) is 0 Å². The highest BCUT2D eigenvalue weighted by Crippen LogP contribution is 2.61. The second-order valence-electron chi connectivity index (χ2n) is 4.81. The molecule has 0 aliphatic carbocycles. The van der Waals surface area contributed by atoms with Crippen molar-refractivity contribution in [2.45, 2.75) is 32.0 Å². The molecule has 0 saturated carbocycles. The predicted octanol–water partition coefficient (Wildman–Crippen LogP) is -0.811. The highest BCUT2D eigenvalue weighted by molar-refractivity contribution is 6.11. The quantitative estimate of drug-likeness (QED) is 0.556. The Balaban J connectivity index is 2.21. The Bertz CT molecular complexity index is 368. The number of aliphatic hydroxyl groups excluding tert-OH is 1. The molecule has 15 heavy (non-hydrogen) atoms. The second kappa shape index (κ2) is 2.41. The Hall–Kier alpha value is -0.940. The van der Waals surface area contributed by atoms with Gasteiger partial charge in [-0.15, -0.1) is 0 Å². The summed E-state index contributed by atoms with van der Waals surface area (Å²) in [5, 5.41) is 11.8. The molecule has 2 bridgehead atoms. The molecule has 3 aliphatic rings. The molecular formula is C10H13NO4. The first kappa shape index (κ1) is 9.30. The molecular weight excluding hydrogens is 198 g/mol. The SMILES string of the molecule is C[C@@]12C(=O)NC(=O)[C@]1(CO)[C@H]1CC[C@@H]2O1. The molecule has 0 unspecified atom stereocenters. The first-order chi connectivity index (χ1) is 7.07. The van der Waals surface area contributed by atoms with Gasteiger partial charge in [-0.3, -0.25) is 14.9 Å². The van der Waals surface area contributed by atoms with Gasteiger partial charge < -0.3 is 9.84 Å². The number of amides is 2. The van der Waals surface area contributed by atoms with Gasteiger partial charge in [0.15, 0.2) is 0 Å². The molecule has 3 aliphatic heterocycles. The Morgan fingerprint density at radius 1 is 1.40 bits per heavy atom. The maximum Gasteiger partial charge on any atom is 0.238 e. The number of nitrogens with one attached hydrogen (secondary N) is 1. The topological polar surface area (TPSA) is 75.6 Å². The summed E-state index contributed by atoms with van der Waals surface area (Å²) in [5.41, 5.74) is -1.91. The van der Waals surface area contributed by atoms with Crippen molar-refractivity contribution >= 4 is 11.8 Å². The fourth-order valence-corrected chi connectivity index (χ4v) is 3.46. The van der Waals surface area contributed by atoms with Gasteiger partial charge in [-0.1, -0.05) is 0 Å². The molecule has 2 amide bonds. The number of aliphatic hydroxyl groups is 1. The van der Waals surface area contributed by atoms with E-state index in [4.69, 9.17) is 4.74 Å². The van der Waals surface area contributed by atoms with Gasteiger partial charge in [0, 0.05) is 0 Å². The van der Waals surface area contributed by atoms with E-state index in [0.29, 0.717) is 0 Å². The summed E-state index contributed by atoms with van der Waals surface area (Å²) in [4.78, 5) is 23.7. The number of carbonyl (C=O) groups is 2. The van der Waals surface area contributed by atoms with Crippen molar-refractivity contribution in [2.24, 2.45) is 10.8 Å². The Labute approximate surface area is 86.8 Å². The summed E-state index contributed by atoms with van der Waals surface area (Å²) >= 11 is 0. The minimum absolute atomic E-state index is 0.221. The zero-order valence-corrected chi connectivity index (χ0v) is 8.45. The molecule has 4 atom stereocenters. The molecule has 3 rings (SSSR count). The molecule has 5 heteroatoms. The minimum Gasteiger partial charge on any atom is -0.395 e. The fourth-order valence-electron chi connectivity index (χ4n) is 3.46. The van der Waals surface area contributed by atoms with Crippen LogP contribution in [0.5, 0.6) is 0 Å². The molecule has 0 aromatic heterocycles. The van der Waals surface area contributed by atoms with Crippen LogP contribution in [0, 0.1) is 10.8 Å². The van der Waals surface area contributed by atoms with Crippen molar-refractivity contribution in [2.75, 3.05) is 6.61 Å². The van der Waals surface area contributed by atoms with Crippen LogP contribution in [0.25, 0.3) is 0 Å². The van der Waals surface area contributed by atoms with E-state index >= 15 is 0 Å². The molecule has 3 heterocycles. The van der Waals surface area contributed by atoms with E-state index in [9.17, 15) is 14.7 Å². The van der Waals surface area contributed by atoms with Gasteiger partial charge >= 0.3 is 0 Å². The molecule has 5 nitrogen and oxygen atoms in total. The summed E-state index contributed by atoms with van der Waals surface area (Å²) < 4.78 is 5.64. The van der Waals surface area contributed by atoms with E-state index in [1.54, 1.807) is 6.92 Å². The Kier molecular flexibility index (Phi) is 1.50. The van der Waals surface area contributed by atoms with E-state index in [1.165, 1.54) is 0 Å². The lowest BCUT2D eigenvalue weighted by Crippen LogP contribution is -2.53. The first-order valence-electron chi connectivity index (χ1n) is 5.19. The average molecular weight is 211 g/mol. The summed E-state index contributed by atoms with van der Waals surface area (Å²) in [6.45, 7) is 1.41. The van der Waals surface area contributed by atoms with E-state index in [2.05, 4.69) is 5.32 Å². The van der Waals surface area contributed by atoms with Crippen LogP contribution >= 0.6 is 0 Å². The van der Waals surface area contributed by atoms with Crippen molar-refractivity contribution in [3.05, 3.63) is 0 Å². The van der Waals surface area contributed by atoms with Gasteiger partial charge in [0.1, 0.15) is 5.41 Å². The van der Waals surface area contributed by atoms with Crippen molar-refractivity contribution in [1.82, 2.24) is 5.32 Å². The average Bonchev–Trinajstić information content (AvgIpc) is 2.80. The number of fused-ring (bicyclic) bond motifs is 5. The highest BCUT2D eigenvalue weighted by atomic mass is 16.5. The van der Waals surface area contributed by atoms with Crippen LogP contribution in [-0.2, 0) is 14.3 Å². The fraction of sp³-hybridized carbons (Fsp3) is 0.800. The predicted molar refractivity (Wildman–Crippen MR) is 48.7 cm³/mol. The van der Waals surface area contributed by atoms with E-state index in [-0.39, 0.29) is 30.6 Å². The summed E-state index contributed by atoms with van der Waals surface area (Å²) in [6.07, 6.45) is 1.02. The Morgan fingerprint density at radius 3 is 2.67 bits per heavy atom.